The van der Waals surface area contributed by atoms with Crippen LogP contribution in [-0.4, -0.2) is 24.6 Å². The van der Waals surface area contributed by atoms with Gasteiger partial charge in [0.2, 0.25) is 0 Å². The summed E-state index contributed by atoms with van der Waals surface area (Å²) in [6, 6.07) is 13.6. The summed E-state index contributed by atoms with van der Waals surface area (Å²) in [6.07, 6.45) is -6.48. The van der Waals surface area contributed by atoms with Crippen LogP contribution in [0.2, 0.25) is 0 Å². The Hall–Kier alpha value is -1.86. The fourth-order valence-corrected chi connectivity index (χ4v) is 4.09. The van der Waals surface area contributed by atoms with Crippen molar-refractivity contribution >= 4 is 18.0 Å². The number of hydrogen-bond donors (Lipinski definition) is 0. The Balaban J connectivity index is 2.40. The standard InChI is InChI=1S/C16H12F7O2P/c17-14(18,15(19,20)16(21,22)23)11-25-26(24,12-7-3-1-4-8-12)13-9-5-2-6-10-13/h1-10H,11H2. The summed E-state index contributed by atoms with van der Waals surface area (Å²) in [7, 11) is -4.32. The molecule has 0 spiro atoms. The second-order valence-corrected chi connectivity index (χ2v) is 7.67. The topological polar surface area (TPSA) is 26.3 Å². The Morgan fingerprint density at radius 1 is 0.731 bits per heavy atom. The summed E-state index contributed by atoms with van der Waals surface area (Å²) in [5.41, 5.74) is 0. The summed E-state index contributed by atoms with van der Waals surface area (Å²) in [5, 5.41) is -0.227. The van der Waals surface area contributed by atoms with Crippen molar-refractivity contribution in [2.75, 3.05) is 6.61 Å². The molecule has 2 nitrogen and oxygen atoms in total. The molecule has 0 radical (unpaired) electrons. The summed E-state index contributed by atoms with van der Waals surface area (Å²) >= 11 is 0. The molecule has 0 atom stereocenters. The predicted octanol–water partition coefficient (Wildman–Crippen LogP) is 4.77. The first kappa shape index (κ1) is 20.5. The molecule has 0 unspecified atom stereocenters. The van der Waals surface area contributed by atoms with Crippen molar-refractivity contribution in [3.05, 3.63) is 60.7 Å². The zero-order valence-corrected chi connectivity index (χ0v) is 13.8. The van der Waals surface area contributed by atoms with Crippen LogP contribution in [0.25, 0.3) is 0 Å². The molecule has 2 aromatic rings. The summed E-state index contributed by atoms with van der Waals surface area (Å²) in [4.78, 5) is 0. The predicted molar refractivity (Wildman–Crippen MR) is 81.7 cm³/mol. The van der Waals surface area contributed by atoms with E-state index in [1.54, 1.807) is 0 Å². The number of hydrogen-bond acceptors (Lipinski definition) is 2. The van der Waals surface area contributed by atoms with Crippen molar-refractivity contribution in [3.8, 4) is 0 Å². The van der Waals surface area contributed by atoms with E-state index in [1.165, 1.54) is 60.7 Å². The molecule has 0 fully saturated rings. The molecule has 0 aliphatic carbocycles. The van der Waals surface area contributed by atoms with Crippen molar-refractivity contribution in [2.45, 2.75) is 18.0 Å². The summed E-state index contributed by atoms with van der Waals surface area (Å²) < 4.78 is 108. The average molecular weight is 400 g/mol. The third-order valence-electron chi connectivity index (χ3n) is 3.44. The van der Waals surface area contributed by atoms with E-state index in [9.17, 15) is 35.3 Å². The van der Waals surface area contributed by atoms with Gasteiger partial charge in [-0.05, 0) is 24.3 Å². The number of alkyl halides is 7. The quantitative estimate of drug-likeness (QED) is 0.516. The minimum Gasteiger partial charge on any atom is -0.315 e. The Kier molecular flexibility index (Phi) is 5.54. The maximum absolute atomic E-state index is 13.5. The van der Waals surface area contributed by atoms with Gasteiger partial charge in [0, 0.05) is 10.6 Å². The molecule has 0 amide bonds. The summed E-state index contributed by atoms with van der Waals surface area (Å²) in [5.74, 6) is -11.9. The van der Waals surface area contributed by atoms with Crippen LogP contribution in [0.1, 0.15) is 0 Å². The first-order valence-corrected chi connectivity index (χ1v) is 8.72. The fourth-order valence-electron chi connectivity index (χ4n) is 2.02. The minimum absolute atomic E-state index is 0.114. The van der Waals surface area contributed by atoms with Crippen LogP contribution >= 0.6 is 7.37 Å². The molecule has 0 aliphatic rings. The lowest BCUT2D eigenvalue weighted by Gasteiger charge is -2.29. The maximum atomic E-state index is 13.5. The van der Waals surface area contributed by atoms with E-state index in [4.69, 9.17) is 0 Å². The van der Waals surface area contributed by atoms with Gasteiger partial charge in [0.05, 0.1) is 0 Å². The number of rotatable bonds is 6. The molecule has 26 heavy (non-hydrogen) atoms. The zero-order chi connectivity index (χ0) is 19.6. The molecule has 0 aliphatic heterocycles. The lowest BCUT2D eigenvalue weighted by Crippen LogP contribution is -2.54. The molecule has 0 bridgehead atoms. The zero-order valence-electron chi connectivity index (χ0n) is 12.9. The first-order chi connectivity index (χ1) is 11.9. The third kappa shape index (κ3) is 3.78. The highest BCUT2D eigenvalue weighted by Crippen LogP contribution is 2.51. The molecule has 142 valence electrons. The van der Waals surface area contributed by atoms with Crippen molar-refractivity contribution < 1.29 is 39.8 Å². The van der Waals surface area contributed by atoms with E-state index >= 15 is 0 Å². The van der Waals surface area contributed by atoms with Crippen molar-refractivity contribution in [1.29, 1.82) is 0 Å². The first-order valence-electron chi connectivity index (χ1n) is 7.10. The van der Waals surface area contributed by atoms with Crippen LogP contribution in [0.3, 0.4) is 0 Å². The van der Waals surface area contributed by atoms with E-state index in [1.807, 2.05) is 0 Å². The van der Waals surface area contributed by atoms with Crippen LogP contribution < -0.4 is 10.6 Å². The van der Waals surface area contributed by atoms with Crippen LogP contribution in [0.15, 0.2) is 60.7 Å². The Labute approximate surface area is 144 Å². The molecule has 0 saturated carbocycles. The maximum Gasteiger partial charge on any atom is 0.459 e. The molecule has 0 saturated heterocycles. The minimum atomic E-state index is -6.48. The van der Waals surface area contributed by atoms with Crippen molar-refractivity contribution in [1.82, 2.24) is 0 Å². The van der Waals surface area contributed by atoms with Crippen LogP contribution in [-0.2, 0) is 9.09 Å². The summed E-state index contributed by atoms with van der Waals surface area (Å²) in [6.45, 7) is -2.37. The Morgan fingerprint density at radius 3 is 1.46 bits per heavy atom. The number of halogens is 7. The Morgan fingerprint density at radius 2 is 1.12 bits per heavy atom. The van der Waals surface area contributed by atoms with Gasteiger partial charge in [0.1, 0.15) is 6.61 Å². The lowest BCUT2D eigenvalue weighted by atomic mass is 10.2. The van der Waals surface area contributed by atoms with Gasteiger partial charge in [-0.15, -0.1) is 0 Å². The highest BCUT2D eigenvalue weighted by Gasteiger charge is 2.73. The van der Waals surface area contributed by atoms with Gasteiger partial charge >= 0.3 is 18.0 Å². The van der Waals surface area contributed by atoms with Gasteiger partial charge in [-0.3, -0.25) is 4.57 Å². The van der Waals surface area contributed by atoms with E-state index in [-0.39, 0.29) is 10.6 Å². The molecule has 0 aromatic heterocycles. The molecular weight excluding hydrogens is 388 g/mol. The molecule has 2 aromatic carbocycles. The van der Waals surface area contributed by atoms with Gasteiger partial charge in [0.15, 0.2) is 0 Å². The highest BCUT2D eigenvalue weighted by atomic mass is 31.2. The van der Waals surface area contributed by atoms with Crippen LogP contribution in [0.5, 0.6) is 0 Å². The van der Waals surface area contributed by atoms with E-state index in [0.717, 1.165) is 0 Å². The lowest BCUT2D eigenvalue weighted by molar-refractivity contribution is -0.358. The van der Waals surface area contributed by atoms with Gasteiger partial charge in [-0.2, -0.15) is 30.7 Å². The van der Waals surface area contributed by atoms with Gasteiger partial charge in [0.25, 0.3) is 7.37 Å². The fraction of sp³-hybridized carbons (Fsp3) is 0.250. The van der Waals surface area contributed by atoms with Crippen molar-refractivity contribution in [3.63, 3.8) is 0 Å². The molecular formula is C16H12F7O2P. The third-order valence-corrected chi connectivity index (χ3v) is 5.88. The smallest absolute Gasteiger partial charge is 0.315 e. The number of benzene rings is 2. The highest BCUT2D eigenvalue weighted by molar-refractivity contribution is 7.74. The molecule has 0 N–H and O–H groups in total. The van der Waals surface area contributed by atoms with Crippen LogP contribution in [0.4, 0.5) is 30.7 Å². The largest absolute Gasteiger partial charge is 0.459 e. The normalized spacial score (nSPS) is 13.7. The average Bonchev–Trinajstić information content (AvgIpc) is 2.60. The monoisotopic (exact) mass is 400 g/mol. The van der Waals surface area contributed by atoms with Crippen molar-refractivity contribution in [2.24, 2.45) is 0 Å². The molecule has 10 heteroatoms. The van der Waals surface area contributed by atoms with E-state index < -0.39 is 32.0 Å². The van der Waals surface area contributed by atoms with Gasteiger partial charge in [-0.1, -0.05) is 36.4 Å². The van der Waals surface area contributed by atoms with Crippen LogP contribution in [0, 0.1) is 0 Å². The van der Waals surface area contributed by atoms with Gasteiger partial charge < -0.3 is 4.52 Å². The SMILES string of the molecule is O=P(OCC(F)(F)C(F)(F)C(F)(F)F)(c1ccccc1)c1ccccc1. The van der Waals surface area contributed by atoms with E-state index in [2.05, 4.69) is 4.52 Å². The van der Waals surface area contributed by atoms with Gasteiger partial charge in [-0.25, -0.2) is 0 Å². The van der Waals surface area contributed by atoms with E-state index in [0.29, 0.717) is 0 Å². The Bertz CT molecular complexity index is 733. The second kappa shape index (κ2) is 7.04. The molecule has 2 rings (SSSR count). The second-order valence-electron chi connectivity index (χ2n) is 5.27. The molecule has 0 heterocycles.